The number of benzene rings is 1. The van der Waals surface area contributed by atoms with Crippen molar-refractivity contribution in [1.82, 2.24) is 0 Å². The Morgan fingerprint density at radius 1 is 1.18 bits per heavy atom. The van der Waals surface area contributed by atoms with E-state index < -0.39 is 17.2 Å². The second-order valence-electron chi connectivity index (χ2n) is 4.81. The van der Waals surface area contributed by atoms with Gasteiger partial charge in [0.25, 0.3) is 0 Å². The standard InChI is InChI=1S/C14H15F2N/c1-17-14(7-3-2-4-8-14)10-11-5-6-12(15)9-13(11)16/h5-6,9H,2-4,7-8,10H2. The lowest BCUT2D eigenvalue weighted by atomic mass is 9.78. The molecule has 0 heterocycles. The summed E-state index contributed by atoms with van der Waals surface area (Å²) in [5.74, 6) is -1.09. The maximum absolute atomic E-state index is 13.6. The first-order chi connectivity index (χ1) is 8.15. The first kappa shape index (κ1) is 12.0. The van der Waals surface area contributed by atoms with Crippen molar-refractivity contribution < 1.29 is 8.78 Å². The lowest BCUT2D eigenvalue weighted by Crippen LogP contribution is -2.30. The van der Waals surface area contributed by atoms with Crippen molar-refractivity contribution in [3.05, 3.63) is 46.8 Å². The number of nitrogens with zero attached hydrogens (tertiary/aromatic N) is 1. The molecule has 0 atom stereocenters. The molecule has 1 aromatic carbocycles. The smallest absolute Gasteiger partial charge is 0.236 e. The van der Waals surface area contributed by atoms with Crippen molar-refractivity contribution in [3.8, 4) is 0 Å². The summed E-state index contributed by atoms with van der Waals surface area (Å²) < 4.78 is 26.4. The lowest BCUT2D eigenvalue weighted by Gasteiger charge is -2.26. The van der Waals surface area contributed by atoms with Gasteiger partial charge in [0, 0.05) is 18.9 Å². The third kappa shape index (κ3) is 2.63. The molecule has 3 heteroatoms. The quantitative estimate of drug-likeness (QED) is 0.679. The molecule has 0 amide bonds. The maximum Gasteiger partial charge on any atom is 0.236 e. The van der Waals surface area contributed by atoms with Gasteiger partial charge in [-0.25, -0.2) is 15.4 Å². The zero-order valence-electron chi connectivity index (χ0n) is 9.68. The van der Waals surface area contributed by atoms with Crippen LogP contribution in [-0.2, 0) is 6.42 Å². The zero-order chi connectivity index (χ0) is 12.3. The van der Waals surface area contributed by atoms with Crippen LogP contribution in [0.4, 0.5) is 8.78 Å². The van der Waals surface area contributed by atoms with E-state index in [4.69, 9.17) is 6.57 Å². The highest BCUT2D eigenvalue weighted by Gasteiger charge is 2.38. The molecule has 2 rings (SSSR count). The minimum Gasteiger partial charge on any atom is -0.310 e. The molecule has 1 aliphatic carbocycles. The number of rotatable bonds is 2. The van der Waals surface area contributed by atoms with E-state index in [0.29, 0.717) is 12.0 Å². The fourth-order valence-electron chi connectivity index (χ4n) is 2.56. The first-order valence-corrected chi connectivity index (χ1v) is 5.98. The summed E-state index contributed by atoms with van der Waals surface area (Å²) >= 11 is 0. The Morgan fingerprint density at radius 2 is 1.88 bits per heavy atom. The maximum atomic E-state index is 13.6. The highest BCUT2D eigenvalue weighted by atomic mass is 19.1. The van der Waals surface area contributed by atoms with E-state index in [1.165, 1.54) is 12.1 Å². The highest BCUT2D eigenvalue weighted by Crippen LogP contribution is 2.35. The molecule has 0 spiro atoms. The second-order valence-corrected chi connectivity index (χ2v) is 4.81. The van der Waals surface area contributed by atoms with E-state index in [2.05, 4.69) is 4.85 Å². The van der Waals surface area contributed by atoms with Crippen LogP contribution in [0.25, 0.3) is 4.85 Å². The van der Waals surface area contributed by atoms with Gasteiger partial charge in [-0.05, 0) is 24.5 Å². The molecular formula is C14H15F2N. The van der Waals surface area contributed by atoms with Crippen molar-refractivity contribution in [2.24, 2.45) is 0 Å². The van der Waals surface area contributed by atoms with E-state index in [1.807, 2.05) is 0 Å². The normalized spacial score (nSPS) is 18.6. The molecule has 0 N–H and O–H groups in total. The Kier molecular flexibility index (Phi) is 3.42. The van der Waals surface area contributed by atoms with Crippen molar-refractivity contribution in [3.63, 3.8) is 0 Å². The van der Waals surface area contributed by atoms with Gasteiger partial charge < -0.3 is 4.85 Å². The molecule has 0 aromatic heterocycles. The first-order valence-electron chi connectivity index (χ1n) is 5.98. The molecule has 1 fully saturated rings. The van der Waals surface area contributed by atoms with Gasteiger partial charge in [0.05, 0.1) is 6.42 Å². The van der Waals surface area contributed by atoms with E-state index >= 15 is 0 Å². The third-order valence-corrected chi connectivity index (χ3v) is 3.56. The monoisotopic (exact) mass is 235 g/mol. The van der Waals surface area contributed by atoms with Crippen LogP contribution >= 0.6 is 0 Å². The van der Waals surface area contributed by atoms with Gasteiger partial charge in [-0.2, -0.15) is 0 Å². The van der Waals surface area contributed by atoms with Crippen molar-refractivity contribution in [1.29, 1.82) is 0 Å². The van der Waals surface area contributed by atoms with Gasteiger partial charge in [0.1, 0.15) is 11.6 Å². The van der Waals surface area contributed by atoms with E-state index in [1.54, 1.807) is 0 Å². The van der Waals surface area contributed by atoms with Crippen molar-refractivity contribution in [2.75, 3.05) is 0 Å². The van der Waals surface area contributed by atoms with Crippen molar-refractivity contribution >= 4 is 0 Å². The molecule has 0 bridgehead atoms. The molecule has 1 aromatic rings. The zero-order valence-corrected chi connectivity index (χ0v) is 9.68. The van der Waals surface area contributed by atoms with Gasteiger partial charge in [-0.15, -0.1) is 0 Å². The van der Waals surface area contributed by atoms with Gasteiger partial charge in [-0.3, -0.25) is 0 Å². The second kappa shape index (κ2) is 4.83. The Bertz CT molecular complexity index is 442. The summed E-state index contributed by atoms with van der Waals surface area (Å²) in [7, 11) is 0. The Balaban J connectivity index is 2.21. The molecule has 0 radical (unpaired) electrons. The Morgan fingerprint density at radius 3 is 2.47 bits per heavy atom. The molecule has 90 valence electrons. The third-order valence-electron chi connectivity index (χ3n) is 3.56. The Labute approximate surface area is 100 Å². The summed E-state index contributed by atoms with van der Waals surface area (Å²) in [6.07, 6.45) is 5.28. The summed E-state index contributed by atoms with van der Waals surface area (Å²) in [5, 5.41) is 0. The fraction of sp³-hybridized carbons (Fsp3) is 0.500. The average molecular weight is 235 g/mol. The summed E-state index contributed by atoms with van der Waals surface area (Å²) in [5.41, 5.74) is 0.000925. The van der Waals surface area contributed by atoms with Crippen LogP contribution in [0, 0.1) is 18.2 Å². The molecule has 17 heavy (non-hydrogen) atoms. The van der Waals surface area contributed by atoms with Crippen LogP contribution in [0.2, 0.25) is 0 Å². The molecule has 1 nitrogen and oxygen atoms in total. The predicted octanol–water partition coefficient (Wildman–Crippen LogP) is 4.13. The lowest BCUT2D eigenvalue weighted by molar-refractivity contribution is 0.340. The summed E-state index contributed by atoms with van der Waals surface area (Å²) in [4.78, 5) is 3.73. The largest absolute Gasteiger partial charge is 0.310 e. The van der Waals surface area contributed by atoms with E-state index in [-0.39, 0.29) is 0 Å². The average Bonchev–Trinajstić information content (AvgIpc) is 2.34. The van der Waals surface area contributed by atoms with Crippen molar-refractivity contribution in [2.45, 2.75) is 44.1 Å². The molecular weight excluding hydrogens is 220 g/mol. The highest BCUT2D eigenvalue weighted by molar-refractivity contribution is 5.23. The Hall–Kier alpha value is -1.43. The molecule has 1 aliphatic rings. The van der Waals surface area contributed by atoms with E-state index in [0.717, 1.165) is 38.2 Å². The molecule has 1 saturated carbocycles. The van der Waals surface area contributed by atoms with Crippen LogP contribution in [0.1, 0.15) is 37.7 Å². The molecule has 0 aliphatic heterocycles. The molecule has 0 unspecified atom stereocenters. The SMILES string of the molecule is [C-]#[N+]C1(Cc2ccc(F)cc2F)CCCCC1. The van der Waals surface area contributed by atoms with Crippen LogP contribution < -0.4 is 0 Å². The van der Waals surface area contributed by atoms with E-state index in [9.17, 15) is 8.78 Å². The van der Waals surface area contributed by atoms with Crippen LogP contribution in [0.5, 0.6) is 0 Å². The van der Waals surface area contributed by atoms with Gasteiger partial charge in [0.2, 0.25) is 5.54 Å². The summed E-state index contributed by atoms with van der Waals surface area (Å²) in [6, 6.07) is 3.63. The van der Waals surface area contributed by atoms with Gasteiger partial charge in [-0.1, -0.05) is 12.5 Å². The topological polar surface area (TPSA) is 4.36 Å². The number of hydrogen-bond acceptors (Lipinski definition) is 0. The molecule has 0 saturated heterocycles. The summed E-state index contributed by atoms with van der Waals surface area (Å²) in [6.45, 7) is 7.34. The van der Waals surface area contributed by atoms with Crippen LogP contribution in [-0.4, -0.2) is 5.54 Å². The van der Waals surface area contributed by atoms with Gasteiger partial charge >= 0.3 is 0 Å². The number of halogens is 2. The number of hydrogen-bond donors (Lipinski definition) is 0. The minimum atomic E-state index is -0.563. The van der Waals surface area contributed by atoms with Gasteiger partial charge in [0.15, 0.2) is 0 Å². The predicted molar refractivity (Wildman–Crippen MR) is 62.5 cm³/mol. The fourth-order valence-corrected chi connectivity index (χ4v) is 2.56. The van der Waals surface area contributed by atoms with Crippen LogP contribution in [0.3, 0.4) is 0 Å². The van der Waals surface area contributed by atoms with Crippen LogP contribution in [0.15, 0.2) is 18.2 Å². The minimum absolute atomic E-state index is 0.405.